The van der Waals surface area contributed by atoms with Gasteiger partial charge in [-0.15, -0.1) is 0 Å². The molecule has 0 bridgehead atoms. The third-order valence-corrected chi connectivity index (χ3v) is 5.26. The maximum absolute atomic E-state index is 11.2. The zero-order chi connectivity index (χ0) is 28.9. The third-order valence-electron chi connectivity index (χ3n) is 5.26. The fourth-order valence-electron chi connectivity index (χ4n) is 3.42. The molecule has 3 N–H and O–H groups in total. The predicted octanol–water partition coefficient (Wildman–Crippen LogP) is 5.01. The van der Waals surface area contributed by atoms with Crippen molar-refractivity contribution in [3.05, 3.63) is 117 Å². The first-order valence-corrected chi connectivity index (χ1v) is 10.8. The lowest BCUT2D eigenvalue weighted by atomic mass is 9.89. The summed E-state index contributed by atoms with van der Waals surface area (Å²) in [5, 5.41) is 64.5. The van der Waals surface area contributed by atoms with E-state index in [4.69, 9.17) is 22.2 Å². The van der Waals surface area contributed by atoms with Crippen molar-refractivity contribution in [3.8, 4) is 24.3 Å². The topological polar surface area (TPSA) is 198 Å². The fourth-order valence-corrected chi connectivity index (χ4v) is 3.42. The van der Waals surface area contributed by atoms with Gasteiger partial charge in [0.05, 0.1) is 53.1 Å². The van der Waals surface area contributed by atoms with E-state index in [-0.39, 0.29) is 39.0 Å². The highest BCUT2D eigenvalue weighted by Crippen LogP contribution is 2.29. The number of hydrogen-bond acceptors (Lipinski definition) is 7. The molecule has 0 saturated carbocycles. The Balaban J connectivity index is 2.70. The van der Waals surface area contributed by atoms with Crippen LogP contribution in [0, 0.1) is 63.2 Å². The molecular formula is C29H16N6O4. The largest absolute Gasteiger partial charge is 0.478 e. The molecule has 0 saturated heterocycles. The number of carboxylic acid groups (broad SMARTS) is 2. The quantitative estimate of drug-likeness (QED) is 0.180. The molecule has 10 nitrogen and oxygen atoms in total. The predicted molar refractivity (Wildman–Crippen MR) is 139 cm³/mol. The van der Waals surface area contributed by atoms with Gasteiger partial charge in [0.25, 0.3) is 5.70 Å². The molecule has 0 amide bonds. The van der Waals surface area contributed by atoms with E-state index in [2.05, 4.69) is 4.85 Å². The Morgan fingerprint density at radius 3 is 1.74 bits per heavy atom. The number of nitriles is 4. The number of hydrogen-bond donors (Lipinski definition) is 3. The van der Waals surface area contributed by atoms with Gasteiger partial charge in [-0.05, 0) is 53.1 Å². The van der Waals surface area contributed by atoms with Gasteiger partial charge in [-0.25, -0.2) is 19.7 Å². The Morgan fingerprint density at radius 2 is 1.36 bits per heavy atom. The van der Waals surface area contributed by atoms with Crippen LogP contribution in [-0.4, -0.2) is 28.4 Å². The number of allylic oxidation sites excluding steroid dienone is 8. The van der Waals surface area contributed by atoms with Gasteiger partial charge in [0.2, 0.25) is 0 Å². The molecule has 2 aromatic rings. The first-order valence-electron chi connectivity index (χ1n) is 10.8. The lowest BCUT2D eigenvalue weighted by molar-refractivity contribution is 0.0686. The van der Waals surface area contributed by atoms with E-state index in [1.54, 1.807) is 6.07 Å². The number of carboxylic acids is 2. The highest BCUT2D eigenvalue weighted by atomic mass is 16.4. The minimum atomic E-state index is -1.18. The monoisotopic (exact) mass is 512 g/mol. The summed E-state index contributed by atoms with van der Waals surface area (Å²) in [4.78, 5) is 25.5. The van der Waals surface area contributed by atoms with Gasteiger partial charge in [-0.1, -0.05) is 30.3 Å². The van der Waals surface area contributed by atoms with E-state index in [0.29, 0.717) is 5.56 Å². The molecule has 1 atom stereocenters. The molecule has 10 heteroatoms. The van der Waals surface area contributed by atoms with Crippen molar-refractivity contribution in [1.29, 1.82) is 26.5 Å². The van der Waals surface area contributed by atoms with Crippen molar-refractivity contribution in [3.63, 3.8) is 0 Å². The lowest BCUT2D eigenvalue weighted by Gasteiger charge is -2.12. The zero-order valence-corrected chi connectivity index (χ0v) is 20.0. The number of carbonyl (C=O) groups is 2. The van der Waals surface area contributed by atoms with Gasteiger partial charge in [0.1, 0.15) is 5.92 Å². The second kappa shape index (κ2) is 13.5. The summed E-state index contributed by atoms with van der Waals surface area (Å²) in [6.45, 7) is 7.33. The number of aromatic carboxylic acids is 2. The molecule has 0 aliphatic heterocycles. The molecular weight excluding hydrogens is 496 g/mol. The van der Waals surface area contributed by atoms with Gasteiger partial charge in [0.15, 0.2) is 0 Å². The summed E-state index contributed by atoms with van der Waals surface area (Å²) in [6.07, 6.45) is 4.66. The van der Waals surface area contributed by atoms with Gasteiger partial charge < -0.3 is 15.6 Å². The van der Waals surface area contributed by atoms with Gasteiger partial charge >= 0.3 is 11.9 Å². The van der Waals surface area contributed by atoms with E-state index in [1.807, 2.05) is 18.2 Å². The first-order chi connectivity index (χ1) is 18.8. The van der Waals surface area contributed by atoms with Crippen LogP contribution in [0.15, 0.2) is 83.6 Å². The normalized spacial score (nSPS) is 12.7. The van der Waals surface area contributed by atoms with Gasteiger partial charge in [0, 0.05) is 11.8 Å². The summed E-state index contributed by atoms with van der Waals surface area (Å²) in [6, 6.07) is 18.1. The Labute approximate surface area is 223 Å². The van der Waals surface area contributed by atoms with Crippen molar-refractivity contribution in [2.24, 2.45) is 5.92 Å². The smallest absolute Gasteiger partial charge is 0.335 e. The Bertz CT molecular complexity index is 1640. The van der Waals surface area contributed by atoms with Crippen LogP contribution in [0.5, 0.6) is 0 Å². The maximum atomic E-state index is 11.2. The molecule has 2 rings (SSSR count). The second-order valence-electron chi connectivity index (χ2n) is 7.48. The minimum absolute atomic E-state index is 0.0130. The fraction of sp³-hybridized carbons (Fsp3) is 0.0345. The third kappa shape index (κ3) is 6.78. The van der Waals surface area contributed by atoms with E-state index >= 15 is 0 Å². The summed E-state index contributed by atoms with van der Waals surface area (Å²) in [5.74, 6) is -3.49. The van der Waals surface area contributed by atoms with Crippen LogP contribution in [0.4, 0.5) is 0 Å². The Kier molecular flexibility index (Phi) is 9.95. The molecule has 0 aromatic heterocycles. The molecule has 0 spiro atoms. The number of nitrogens with zero attached hydrogens (tertiary/aromatic N) is 5. The molecule has 186 valence electrons. The van der Waals surface area contributed by atoms with Gasteiger partial charge in [-0.3, -0.25) is 0 Å². The summed E-state index contributed by atoms with van der Waals surface area (Å²) in [5.41, 5.74) is 0.0274. The molecule has 39 heavy (non-hydrogen) atoms. The van der Waals surface area contributed by atoms with Crippen LogP contribution in [0.1, 0.15) is 31.8 Å². The van der Waals surface area contributed by atoms with E-state index in [0.717, 1.165) is 6.21 Å². The van der Waals surface area contributed by atoms with Crippen molar-refractivity contribution in [2.45, 2.75) is 0 Å². The van der Waals surface area contributed by atoms with Crippen LogP contribution in [-0.2, 0) is 0 Å². The highest BCUT2D eigenvalue weighted by Gasteiger charge is 2.19. The van der Waals surface area contributed by atoms with E-state index in [1.165, 1.54) is 66.8 Å². The zero-order valence-electron chi connectivity index (χ0n) is 20.0. The molecule has 0 aliphatic rings. The van der Waals surface area contributed by atoms with Crippen LogP contribution in [0.3, 0.4) is 0 Å². The highest BCUT2D eigenvalue weighted by molar-refractivity contribution is 5.92. The Hall–Kier alpha value is -6.54. The summed E-state index contributed by atoms with van der Waals surface area (Å²) < 4.78 is 0. The Morgan fingerprint density at radius 1 is 0.846 bits per heavy atom. The minimum Gasteiger partial charge on any atom is -0.478 e. The number of rotatable bonds is 9. The standard InChI is InChI=1S/C29H16N6O4/c1-35-25(17-34)27(19-7-11-21(12-8-19)29(38)39)23(14-31)4-2-3-22(13-30)26(24(15-32)16-33)18-5-9-20(10-6-18)28(36)37/h2-12,15,24,32H,(H,36,37)(H,38,39)/b3-2+,23-4+,26-22-,27-25-,32-15?. The van der Waals surface area contributed by atoms with Crippen molar-refractivity contribution in [1.82, 2.24) is 0 Å². The van der Waals surface area contributed by atoms with Crippen LogP contribution >= 0.6 is 0 Å². The van der Waals surface area contributed by atoms with Gasteiger partial charge in [-0.2, -0.15) is 15.8 Å². The van der Waals surface area contributed by atoms with Crippen molar-refractivity contribution >= 4 is 29.3 Å². The molecule has 0 heterocycles. The maximum Gasteiger partial charge on any atom is 0.335 e. The van der Waals surface area contributed by atoms with Crippen LogP contribution in [0.2, 0.25) is 0 Å². The lowest BCUT2D eigenvalue weighted by Crippen LogP contribution is -2.05. The van der Waals surface area contributed by atoms with Crippen molar-refractivity contribution < 1.29 is 19.8 Å². The van der Waals surface area contributed by atoms with E-state index < -0.39 is 23.6 Å². The number of nitrogens with one attached hydrogen (secondary N) is 1. The molecule has 0 fully saturated rings. The molecule has 0 aliphatic carbocycles. The average molecular weight is 512 g/mol. The molecule has 0 radical (unpaired) electrons. The van der Waals surface area contributed by atoms with Crippen molar-refractivity contribution in [2.75, 3.05) is 0 Å². The summed E-state index contributed by atoms with van der Waals surface area (Å²) in [7, 11) is 0. The van der Waals surface area contributed by atoms with E-state index in [9.17, 15) is 30.6 Å². The summed E-state index contributed by atoms with van der Waals surface area (Å²) >= 11 is 0. The second-order valence-corrected chi connectivity index (χ2v) is 7.48. The molecule has 2 aromatic carbocycles. The number of benzene rings is 2. The average Bonchev–Trinajstić information content (AvgIpc) is 2.95. The van der Waals surface area contributed by atoms with Crippen LogP contribution < -0.4 is 0 Å². The SMILES string of the molecule is [C-]#[N+]\C(C#N)=C(/C(C#N)=C/C=C/C(C#N)=C(\c1ccc(C(=O)O)cc1)C(C#N)C=N)c1ccc(C(=O)O)cc1. The first kappa shape index (κ1) is 28.7. The van der Waals surface area contributed by atoms with Crippen LogP contribution in [0.25, 0.3) is 16.0 Å². The molecule has 1 unspecified atom stereocenters.